The third-order valence-corrected chi connectivity index (χ3v) is 5.64. The largest absolute Gasteiger partial charge is 0.327 e. The first-order chi connectivity index (χ1) is 13.6. The molecule has 2 saturated heterocycles. The molecule has 146 valence electrons. The molecular weight excluding hydrogens is 383 g/mol. The smallest absolute Gasteiger partial charge is 0.315 e. The molecule has 3 heterocycles. The summed E-state index contributed by atoms with van der Waals surface area (Å²) in [7, 11) is 0. The average molecular weight is 403 g/mol. The molecule has 2 aromatic rings. The number of carbonyl (C=O) groups excluding carboxylic acids is 2. The number of aromatic nitrogens is 1. The number of benzene rings is 1. The van der Waals surface area contributed by atoms with E-state index in [4.69, 9.17) is 11.6 Å². The van der Waals surface area contributed by atoms with Crippen LogP contribution >= 0.6 is 11.6 Å². The maximum absolute atomic E-state index is 14.4. The van der Waals surface area contributed by atoms with Crippen molar-refractivity contribution >= 4 is 23.5 Å². The van der Waals surface area contributed by atoms with Crippen molar-refractivity contribution in [2.45, 2.75) is 38.0 Å². The lowest BCUT2D eigenvalue weighted by Crippen LogP contribution is -2.69. The van der Waals surface area contributed by atoms with Gasteiger partial charge < -0.3 is 10.2 Å². The molecule has 3 amide bonds. The monoisotopic (exact) mass is 402 g/mol. The van der Waals surface area contributed by atoms with Gasteiger partial charge in [-0.2, -0.15) is 0 Å². The van der Waals surface area contributed by atoms with Crippen LogP contribution in [-0.4, -0.2) is 45.4 Å². The Morgan fingerprint density at radius 3 is 2.82 bits per heavy atom. The number of carbonyl (C=O) groups is 2. The maximum atomic E-state index is 14.4. The summed E-state index contributed by atoms with van der Waals surface area (Å²) in [6, 6.07) is 6.76. The number of imide groups is 1. The molecule has 4 rings (SSSR count). The number of hydrogen-bond acceptors (Lipinski definition) is 4. The van der Waals surface area contributed by atoms with E-state index in [1.807, 2.05) is 6.07 Å². The lowest BCUT2D eigenvalue weighted by Gasteiger charge is -2.47. The van der Waals surface area contributed by atoms with Crippen LogP contribution in [0.5, 0.6) is 0 Å². The quantitative estimate of drug-likeness (QED) is 0.853. The van der Waals surface area contributed by atoms with E-state index >= 15 is 0 Å². The molecule has 0 bridgehead atoms. The zero-order chi connectivity index (χ0) is 19.7. The second-order valence-corrected chi connectivity index (χ2v) is 7.44. The first-order valence-electron chi connectivity index (χ1n) is 9.23. The van der Waals surface area contributed by atoms with Crippen molar-refractivity contribution in [3.05, 3.63) is 64.7 Å². The fourth-order valence-corrected chi connectivity index (χ4v) is 4.10. The first-order valence-corrected chi connectivity index (χ1v) is 9.61. The SMILES string of the molecule is O=C1C2NCCCC2N(Cc2c(F)cccc2Cl)C(=O)N1Cc1cccnc1. The van der Waals surface area contributed by atoms with Gasteiger partial charge >= 0.3 is 6.03 Å². The number of pyridine rings is 1. The minimum Gasteiger partial charge on any atom is -0.315 e. The maximum Gasteiger partial charge on any atom is 0.327 e. The number of urea groups is 1. The standard InChI is InChI=1S/C20H20ClFN4O2/c21-15-5-1-6-16(22)14(15)12-25-17-7-3-9-24-18(17)19(27)26(20(25)28)11-13-4-2-8-23-10-13/h1-2,4-6,8,10,17-18,24H,3,7,9,11-12H2. The molecule has 0 spiro atoms. The average Bonchev–Trinajstić information content (AvgIpc) is 2.71. The third-order valence-electron chi connectivity index (χ3n) is 5.29. The highest BCUT2D eigenvalue weighted by Crippen LogP contribution is 2.30. The van der Waals surface area contributed by atoms with Gasteiger partial charge in [0.2, 0.25) is 5.91 Å². The molecule has 0 aliphatic carbocycles. The van der Waals surface area contributed by atoms with Crippen LogP contribution in [0.1, 0.15) is 24.0 Å². The van der Waals surface area contributed by atoms with Crippen molar-refractivity contribution in [1.82, 2.24) is 20.1 Å². The minimum atomic E-state index is -0.506. The van der Waals surface area contributed by atoms with Gasteiger partial charge in [0.1, 0.15) is 11.9 Å². The molecule has 1 aromatic heterocycles. The Labute approximate surface area is 167 Å². The fraction of sp³-hybridized carbons (Fsp3) is 0.350. The van der Waals surface area contributed by atoms with Crippen molar-refractivity contribution in [3.8, 4) is 0 Å². The minimum absolute atomic E-state index is 0.0179. The van der Waals surface area contributed by atoms with Crippen LogP contribution < -0.4 is 5.32 Å². The zero-order valence-electron chi connectivity index (χ0n) is 15.1. The van der Waals surface area contributed by atoms with Crippen LogP contribution in [0.15, 0.2) is 42.7 Å². The third kappa shape index (κ3) is 3.47. The highest BCUT2D eigenvalue weighted by molar-refractivity contribution is 6.31. The van der Waals surface area contributed by atoms with Crippen molar-refractivity contribution in [1.29, 1.82) is 0 Å². The molecule has 2 unspecified atom stereocenters. The van der Waals surface area contributed by atoms with Gasteiger partial charge in [0.25, 0.3) is 0 Å². The number of nitrogens with one attached hydrogen (secondary N) is 1. The second kappa shape index (κ2) is 7.85. The van der Waals surface area contributed by atoms with Crippen molar-refractivity contribution in [2.75, 3.05) is 6.54 Å². The fourth-order valence-electron chi connectivity index (χ4n) is 3.88. The van der Waals surface area contributed by atoms with Gasteiger partial charge in [-0.15, -0.1) is 0 Å². The number of piperidine rings is 1. The van der Waals surface area contributed by atoms with E-state index in [-0.39, 0.29) is 35.6 Å². The van der Waals surface area contributed by atoms with Crippen LogP contribution in [0.25, 0.3) is 0 Å². The van der Waals surface area contributed by atoms with Crippen molar-refractivity contribution in [3.63, 3.8) is 0 Å². The van der Waals surface area contributed by atoms with Crippen molar-refractivity contribution < 1.29 is 14.0 Å². The number of amides is 3. The van der Waals surface area contributed by atoms with E-state index in [0.717, 1.165) is 12.0 Å². The van der Waals surface area contributed by atoms with Crippen LogP contribution in [0.2, 0.25) is 5.02 Å². The van der Waals surface area contributed by atoms with Gasteiger partial charge in [-0.1, -0.05) is 23.7 Å². The lowest BCUT2D eigenvalue weighted by atomic mass is 9.93. The highest BCUT2D eigenvalue weighted by Gasteiger charge is 2.47. The summed E-state index contributed by atoms with van der Waals surface area (Å²) >= 11 is 6.18. The van der Waals surface area contributed by atoms with Crippen LogP contribution in [0, 0.1) is 5.82 Å². The van der Waals surface area contributed by atoms with Gasteiger partial charge in [-0.05, 0) is 43.1 Å². The summed E-state index contributed by atoms with van der Waals surface area (Å²) in [6.45, 7) is 0.845. The van der Waals surface area contributed by atoms with Gasteiger partial charge in [-0.3, -0.25) is 14.7 Å². The number of hydrogen-bond donors (Lipinski definition) is 1. The van der Waals surface area contributed by atoms with Gasteiger partial charge in [-0.25, -0.2) is 9.18 Å². The summed E-state index contributed by atoms with van der Waals surface area (Å²) in [5.41, 5.74) is 1.01. The van der Waals surface area contributed by atoms with Crippen LogP contribution in [0.3, 0.4) is 0 Å². The first kappa shape index (κ1) is 18.8. The molecule has 1 aromatic carbocycles. The molecule has 6 nitrogen and oxygen atoms in total. The molecule has 2 aliphatic rings. The van der Waals surface area contributed by atoms with Gasteiger partial charge in [0, 0.05) is 23.0 Å². The van der Waals surface area contributed by atoms with E-state index in [2.05, 4.69) is 10.3 Å². The highest BCUT2D eigenvalue weighted by atomic mass is 35.5. The Morgan fingerprint density at radius 1 is 1.21 bits per heavy atom. The van der Waals surface area contributed by atoms with Gasteiger partial charge in [0.05, 0.1) is 19.1 Å². The lowest BCUT2D eigenvalue weighted by molar-refractivity contribution is -0.137. The summed E-state index contributed by atoms with van der Waals surface area (Å²) in [6.07, 6.45) is 4.78. The van der Waals surface area contributed by atoms with E-state index in [1.54, 1.807) is 29.4 Å². The Morgan fingerprint density at radius 2 is 2.07 bits per heavy atom. The molecule has 2 fully saturated rings. The molecular formula is C20H20ClFN4O2. The number of rotatable bonds is 4. The number of nitrogens with zero attached hydrogens (tertiary/aromatic N) is 3. The zero-order valence-corrected chi connectivity index (χ0v) is 15.9. The summed E-state index contributed by atoms with van der Waals surface area (Å²) in [5, 5.41) is 3.49. The molecule has 0 radical (unpaired) electrons. The summed E-state index contributed by atoms with van der Waals surface area (Å²) in [5.74, 6) is -0.717. The Hall–Kier alpha value is -2.51. The Kier molecular flexibility index (Phi) is 5.28. The van der Waals surface area contributed by atoms with E-state index in [9.17, 15) is 14.0 Å². The molecule has 8 heteroatoms. The molecule has 28 heavy (non-hydrogen) atoms. The second-order valence-electron chi connectivity index (χ2n) is 7.04. The predicted octanol–water partition coefficient (Wildman–Crippen LogP) is 2.96. The van der Waals surface area contributed by atoms with Crippen LogP contribution in [-0.2, 0) is 17.9 Å². The number of fused-ring (bicyclic) bond motifs is 1. The summed E-state index contributed by atoms with van der Waals surface area (Å²) in [4.78, 5) is 33.1. The number of halogens is 2. The molecule has 2 atom stereocenters. The van der Waals surface area contributed by atoms with E-state index in [1.165, 1.54) is 17.0 Å². The van der Waals surface area contributed by atoms with E-state index in [0.29, 0.717) is 13.0 Å². The normalized spacial score (nSPS) is 22.4. The topological polar surface area (TPSA) is 65.5 Å². The Balaban J connectivity index is 1.67. The van der Waals surface area contributed by atoms with E-state index < -0.39 is 17.9 Å². The predicted molar refractivity (Wildman–Crippen MR) is 102 cm³/mol. The van der Waals surface area contributed by atoms with Crippen molar-refractivity contribution in [2.24, 2.45) is 0 Å². The molecule has 1 N–H and O–H groups in total. The summed E-state index contributed by atoms with van der Waals surface area (Å²) < 4.78 is 14.4. The molecule has 0 saturated carbocycles. The van der Waals surface area contributed by atoms with Gasteiger partial charge in [0.15, 0.2) is 0 Å². The van der Waals surface area contributed by atoms with Crippen LogP contribution in [0.4, 0.5) is 9.18 Å². The molecule has 2 aliphatic heterocycles. The Bertz CT molecular complexity index is 875.